The SMILES string of the molecule is O=C(NCC1(C(=O)O)CC1)c1ncc(-c2cccc(Cl)c2)cc1O. The summed E-state index contributed by atoms with van der Waals surface area (Å²) in [5.74, 6) is -1.79. The Morgan fingerprint density at radius 1 is 1.25 bits per heavy atom. The van der Waals surface area contributed by atoms with E-state index in [0.29, 0.717) is 23.4 Å². The minimum Gasteiger partial charge on any atom is -0.505 e. The summed E-state index contributed by atoms with van der Waals surface area (Å²) in [5.41, 5.74) is 0.379. The van der Waals surface area contributed by atoms with Crippen LogP contribution in [0, 0.1) is 5.41 Å². The van der Waals surface area contributed by atoms with Crippen LogP contribution in [0.4, 0.5) is 0 Å². The second-order valence-corrected chi connectivity index (χ2v) is 6.31. The molecule has 24 heavy (non-hydrogen) atoms. The summed E-state index contributed by atoms with van der Waals surface area (Å²) in [6.07, 6.45) is 2.54. The van der Waals surface area contributed by atoms with E-state index in [1.807, 2.05) is 6.07 Å². The summed E-state index contributed by atoms with van der Waals surface area (Å²) >= 11 is 5.94. The maximum atomic E-state index is 12.1. The normalized spacial score (nSPS) is 14.9. The summed E-state index contributed by atoms with van der Waals surface area (Å²) in [5, 5.41) is 22.3. The van der Waals surface area contributed by atoms with Crippen LogP contribution >= 0.6 is 11.6 Å². The Hall–Kier alpha value is -2.60. The number of carbonyl (C=O) groups is 2. The molecule has 0 unspecified atom stereocenters. The first-order valence-electron chi connectivity index (χ1n) is 7.38. The quantitative estimate of drug-likeness (QED) is 0.773. The number of nitrogens with one attached hydrogen (secondary N) is 1. The van der Waals surface area contributed by atoms with E-state index < -0.39 is 17.3 Å². The number of nitrogens with zero attached hydrogens (tertiary/aromatic N) is 1. The molecule has 7 heteroatoms. The zero-order valence-corrected chi connectivity index (χ0v) is 13.4. The van der Waals surface area contributed by atoms with Crippen LogP contribution in [0.1, 0.15) is 23.3 Å². The number of pyridine rings is 1. The van der Waals surface area contributed by atoms with Gasteiger partial charge in [-0.1, -0.05) is 23.7 Å². The molecular weight excluding hydrogens is 332 g/mol. The molecule has 1 aliphatic carbocycles. The number of amides is 1. The third kappa shape index (κ3) is 3.19. The van der Waals surface area contributed by atoms with Gasteiger partial charge in [-0.2, -0.15) is 0 Å². The van der Waals surface area contributed by atoms with Gasteiger partial charge in [0, 0.05) is 23.3 Å². The highest BCUT2D eigenvalue weighted by molar-refractivity contribution is 6.30. The van der Waals surface area contributed by atoms with Gasteiger partial charge in [0.2, 0.25) is 0 Å². The minimum absolute atomic E-state index is 0.0261. The van der Waals surface area contributed by atoms with E-state index >= 15 is 0 Å². The molecule has 1 aromatic carbocycles. The number of hydrogen-bond acceptors (Lipinski definition) is 4. The van der Waals surface area contributed by atoms with Crippen LogP contribution in [0.5, 0.6) is 5.75 Å². The van der Waals surface area contributed by atoms with Crippen molar-refractivity contribution in [1.82, 2.24) is 10.3 Å². The van der Waals surface area contributed by atoms with Crippen LogP contribution in [0.15, 0.2) is 36.5 Å². The zero-order chi connectivity index (χ0) is 17.3. The van der Waals surface area contributed by atoms with Crippen LogP contribution in [-0.2, 0) is 4.79 Å². The summed E-state index contributed by atoms with van der Waals surface area (Å²) in [6.45, 7) is 0.0261. The lowest BCUT2D eigenvalue weighted by atomic mass is 10.1. The number of carboxylic acids is 1. The maximum absolute atomic E-state index is 12.1. The molecular formula is C17H15ClN2O4. The highest BCUT2D eigenvalue weighted by atomic mass is 35.5. The number of halogens is 1. The molecule has 1 amide bonds. The van der Waals surface area contributed by atoms with Gasteiger partial charge >= 0.3 is 5.97 Å². The van der Waals surface area contributed by atoms with Crippen molar-refractivity contribution in [3.63, 3.8) is 0 Å². The van der Waals surface area contributed by atoms with Crippen molar-refractivity contribution in [2.24, 2.45) is 5.41 Å². The Bertz CT molecular complexity index is 818. The fraction of sp³-hybridized carbons (Fsp3) is 0.235. The Kier molecular flexibility index (Phi) is 4.15. The second-order valence-electron chi connectivity index (χ2n) is 5.87. The Labute approximate surface area is 143 Å². The minimum atomic E-state index is -0.920. The number of hydrogen-bond donors (Lipinski definition) is 3. The molecule has 0 spiro atoms. The highest BCUT2D eigenvalue weighted by Gasteiger charge is 2.50. The molecule has 124 valence electrons. The lowest BCUT2D eigenvalue weighted by molar-refractivity contribution is -0.143. The summed E-state index contributed by atoms with van der Waals surface area (Å²) in [4.78, 5) is 27.2. The van der Waals surface area contributed by atoms with E-state index in [0.717, 1.165) is 5.56 Å². The van der Waals surface area contributed by atoms with Crippen molar-refractivity contribution in [3.8, 4) is 16.9 Å². The predicted octanol–water partition coefficient (Wildman–Crippen LogP) is 2.70. The number of rotatable bonds is 5. The van der Waals surface area contributed by atoms with Gasteiger partial charge in [-0.15, -0.1) is 0 Å². The standard InChI is InChI=1S/C17H15ClN2O4/c18-12-3-1-2-10(6-12)11-7-13(21)14(19-8-11)15(22)20-9-17(4-5-17)16(23)24/h1-3,6-8,21H,4-5,9H2,(H,20,22)(H,23,24). The molecule has 1 saturated carbocycles. The lowest BCUT2D eigenvalue weighted by Gasteiger charge is -2.12. The van der Waals surface area contributed by atoms with Crippen molar-refractivity contribution in [3.05, 3.63) is 47.2 Å². The number of aromatic nitrogens is 1. The smallest absolute Gasteiger partial charge is 0.311 e. The fourth-order valence-electron chi connectivity index (χ4n) is 2.40. The van der Waals surface area contributed by atoms with Crippen LogP contribution in [0.2, 0.25) is 5.02 Å². The van der Waals surface area contributed by atoms with Gasteiger partial charge in [0.25, 0.3) is 5.91 Å². The van der Waals surface area contributed by atoms with Gasteiger partial charge in [-0.3, -0.25) is 9.59 Å². The zero-order valence-electron chi connectivity index (χ0n) is 12.6. The molecule has 3 N–H and O–H groups in total. The molecule has 6 nitrogen and oxygen atoms in total. The Morgan fingerprint density at radius 3 is 2.58 bits per heavy atom. The average Bonchev–Trinajstić information content (AvgIpc) is 3.34. The van der Waals surface area contributed by atoms with Crippen LogP contribution in [0.3, 0.4) is 0 Å². The molecule has 0 aliphatic heterocycles. The van der Waals surface area contributed by atoms with Crippen molar-refractivity contribution < 1.29 is 19.8 Å². The maximum Gasteiger partial charge on any atom is 0.311 e. The third-order valence-electron chi connectivity index (χ3n) is 4.14. The monoisotopic (exact) mass is 346 g/mol. The number of aromatic hydroxyl groups is 1. The molecule has 1 aromatic heterocycles. The number of carboxylic acid groups (broad SMARTS) is 1. The second kappa shape index (κ2) is 6.13. The van der Waals surface area contributed by atoms with Crippen molar-refractivity contribution in [1.29, 1.82) is 0 Å². The van der Waals surface area contributed by atoms with Crippen molar-refractivity contribution >= 4 is 23.5 Å². The topological polar surface area (TPSA) is 99.5 Å². The summed E-state index contributed by atoms with van der Waals surface area (Å²) in [7, 11) is 0. The van der Waals surface area contributed by atoms with E-state index in [2.05, 4.69) is 10.3 Å². The molecule has 1 heterocycles. The molecule has 0 saturated heterocycles. The number of carbonyl (C=O) groups excluding carboxylic acids is 1. The first kappa shape index (κ1) is 16.3. The van der Waals surface area contributed by atoms with E-state index in [-0.39, 0.29) is 18.0 Å². The van der Waals surface area contributed by atoms with E-state index in [1.54, 1.807) is 18.2 Å². The molecule has 1 fully saturated rings. The fourth-order valence-corrected chi connectivity index (χ4v) is 2.59. The Balaban J connectivity index is 1.75. The van der Waals surface area contributed by atoms with Gasteiger partial charge < -0.3 is 15.5 Å². The van der Waals surface area contributed by atoms with Crippen molar-refractivity contribution in [2.45, 2.75) is 12.8 Å². The lowest BCUT2D eigenvalue weighted by Crippen LogP contribution is -2.34. The van der Waals surface area contributed by atoms with Crippen LogP contribution < -0.4 is 5.32 Å². The van der Waals surface area contributed by atoms with Gasteiger partial charge in [0.05, 0.1) is 5.41 Å². The molecule has 3 rings (SSSR count). The third-order valence-corrected chi connectivity index (χ3v) is 4.37. The summed E-state index contributed by atoms with van der Waals surface area (Å²) < 4.78 is 0. The molecule has 0 atom stereocenters. The predicted molar refractivity (Wildman–Crippen MR) is 88.0 cm³/mol. The molecule has 1 aliphatic rings. The van der Waals surface area contributed by atoms with Gasteiger partial charge in [0.1, 0.15) is 5.75 Å². The molecule has 0 bridgehead atoms. The van der Waals surface area contributed by atoms with Gasteiger partial charge in [0.15, 0.2) is 5.69 Å². The summed E-state index contributed by atoms with van der Waals surface area (Å²) in [6, 6.07) is 8.47. The van der Waals surface area contributed by atoms with E-state index in [9.17, 15) is 14.7 Å². The Morgan fingerprint density at radius 2 is 2.00 bits per heavy atom. The first-order chi connectivity index (χ1) is 11.4. The van der Waals surface area contributed by atoms with Gasteiger partial charge in [-0.25, -0.2) is 4.98 Å². The molecule has 0 radical (unpaired) electrons. The van der Waals surface area contributed by atoms with Gasteiger partial charge in [-0.05, 0) is 36.6 Å². The largest absolute Gasteiger partial charge is 0.505 e. The van der Waals surface area contributed by atoms with E-state index in [1.165, 1.54) is 12.3 Å². The first-order valence-corrected chi connectivity index (χ1v) is 7.76. The average molecular weight is 347 g/mol. The molecule has 2 aromatic rings. The number of benzene rings is 1. The van der Waals surface area contributed by atoms with Crippen LogP contribution in [-0.4, -0.2) is 33.6 Å². The highest BCUT2D eigenvalue weighted by Crippen LogP contribution is 2.45. The van der Waals surface area contributed by atoms with Crippen molar-refractivity contribution in [2.75, 3.05) is 6.54 Å². The van der Waals surface area contributed by atoms with Crippen LogP contribution in [0.25, 0.3) is 11.1 Å². The van der Waals surface area contributed by atoms with E-state index in [4.69, 9.17) is 16.7 Å². The number of aliphatic carboxylic acids is 1.